The van der Waals surface area contributed by atoms with Gasteiger partial charge in [-0.05, 0) is 186 Å². The molecule has 0 bridgehead atoms. The van der Waals surface area contributed by atoms with E-state index in [0.29, 0.717) is 60.4 Å². The Bertz CT molecular complexity index is 1260. The molecule has 0 amide bonds. The normalized spacial score (nSPS) is 43.2. The molecule has 7 nitrogen and oxygen atoms in total. The van der Waals surface area contributed by atoms with Crippen LogP contribution >= 0.6 is 23.2 Å². The molecule has 8 aliphatic carbocycles. The van der Waals surface area contributed by atoms with Crippen molar-refractivity contribution in [2.45, 2.75) is 277 Å². The van der Waals surface area contributed by atoms with Crippen LogP contribution in [-0.4, -0.2) is 83.4 Å². The first-order valence-corrected chi connectivity index (χ1v) is 26.3. The fourth-order valence-electron chi connectivity index (χ4n) is 12.9. The smallest absolute Gasteiger partial charge is 0.140 e. The fraction of sp³-hybridized carbons (Fsp3) is 0.960. The van der Waals surface area contributed by atoms with E-state index >= 15 is 0 Å². The minimum atomic E-state index is -0.0787. The molecule has 0 aromatic rings. The predicted octanol–water partition coefficient (Wildman–Crippen LogP) is 12.2. The maximum absolute atomic E-state index is 13.6. The van der Waals surface area contributed by atoms with Crippen molar-refractivity contribution in [2.24, 2.45) is 23.7 Å². The molecule has 59 heavy (non-hydrogen) atoms. The third-order valence-corrected chi connectivity index (χ3v) is 17.6. The average molecular weight is 864 g/mol. The maximum Gasteiger partial charge on any atom is 0.140 e. The van der Waals surface area contributed by atoms with Gasteiger partial charge in [-0.3, -0.25) is 9.59 Å². The molecule has 0 aliphatic heterocycles. The Kier molecular flexibility index (Phi) is 17.3. The van der Waals surface area contributed by atoms with Crippen molar-refractivity contribution >= 4 is 34.8 Å². The highest BCUT2D eigenvalue weighted by atomic mass is 35.5. The molecule has 336 valence electrons. The lowest BCUT2D eigenvalue weighted by Gasteiger charge is -2.38. The Morgan fingerprint density at radius 2 is 0.576 bits per heavy atom. The number of Topliss-reactive ketones (excluding diaryl/α,β-unsaturated/α-hetero) is 2. The number of alkyl halides is 2. The quantitative estimate of drug-likeness (QED) is 0.161. The molecule has 3 unspecified atom stereocenters. The summed E-state index contributed by atoms with van der Waals surface area (Å²) in [5.74, 6) is 1.30. The number of hydrogen-bond donors (Lipinski definition) is 0. The molecule has 3 atom stereocenters. The SMILES string of the molecule is O=C(C1CCC(OC2CCC(OC3CCC(OC4CCC(OC5CCCCC5)CC4)CC3)CC2)CC1)C1CCC(OC2CCC(C(=O)C3CC(Cl)CCC3Cl)CC2)CC1. The number of carbonyl (C=O) groups is 2. The monoisotopic (exact) mass is 863 g/mol. The highest BCUT2D eigenvalue weighted by Gasteiger charge is 2.40. The van der Waals surface area contributed by atoms with Crippen LogP contribution in [0, 0.1) is 23.7 Å². The fourth-order valence-corrected chi connectivity index (χ4v) is 13.6. The van der Waals surface area contributed by atoms with Crippen molar-refractivity contribution in [1.29, 1.82) is 0 Å². The van der Waals surface area contributed by atoms with Gasteiger partial charge >= 0.3 is 0 Å². The summed E-state index contributed by atoms with van der Waals surface area (Å²) in [6.45, 7) is 0. The molecule has 0 N–H and O–H groups in total. The van der Waals surface area contributed by atoms with E-state index in [1.165, 1.54) is 57.8 Å². The van der Waals surface area contributed by atoms with Gasteiger partial charge in [0, 0.05) is 34.4 Å². The molecule has 0 radical (unpaired) electrons. The Morgan fingerprint density at radius 1 is 0.305 bits per heavy atom. The number of halogens is 2. The summed E-state index contributed by atoms with van der Waals surface area (Å²) < 4.78 is 33.1. The van der Waals surface area contributed by atoms with Gasteiger partial charge in [0.1, 0.15) is 11.6 Å². The predicted molar refractivity (Wildman–Crippen MR) is 234 cm³/mol. The standard InChI is InChI=1S/C50H80Cl2O7/c51-36-12-31-48(52)47(32-36)50(54)35-10-17-40(18-11-35)56-38-13-6-33(7-14-38)49(53)34-8-15-39(16-9-34)57-42-23-25-44(26-24-42)59-46-29-27-45(28-30-46)58-43-21-19-41(20-22-43)55-37-4-2-1-3-5-37/h33-48H,1-32H2. The average Bonchev–Trinajstić information content (AvgIpc) is 3.27. The number of rotatable bonds is 14. The number of ketones is 2. The molecule has 9 heteroatoms. The zero-order valence-electron chi connectivity index (χ0n) is 36.5. The summed E-state index contributed by atoms with van der Waals surface area (Å²) >= 11 is 13.0. The molecule has 8 rings (SSSR count). The second-order valence-corrected chi connectivity index (χ2v) is 22.1. The van der Waals surface area contributed by atoms with Gasteiger partial charge in [-0.2, -0.15) is 0 Å². The highest BCUT2D eigenvalue weighted by Crippen LogP contribution is 2.41. The minimum Gasteiger partial charge on any atom is -0.375 e. The molecule has 0 saturated heterocycles. The molecular weight excluding hydrogens is 783 g/mol. The summed E-state index contributed by atoms with van der Waals surface area (Å²) in [6, 6.07) is 0. The van der Waals surface area contributed by atoms with Crippen LogP contribution < -0.4 is 0 Å². The van der Waals surface area contributed by atoms with Gasteiger partial charge in [0.15, 0.2) is 0 Å². The lowest BCUT2D eigenvalue weighted by atomic mass is 9.75. The first-order valence-electron chi connectivity index (χ1n) is 25.4. The van der Waals surface area contributed by atoms with E-state index in [1.54, 1.807) is 0 Å². The minimum absolute atomic E-state index is 0.0579. The highest BCUT2D eigenvalue weighted by molar-refractivity contribution is 6.24. The van der Waals surface area contributed by atoms with Gasteiger partial charge in [0.2, 0.25) is 0 Å². The van der Waals surface area contributed by atoms with E-state index in [-0.39, 0.29) is 46.6 Å². The van der Waals surface area contributed by atoms with Crippen molar-refractivity contribution < 1.29 is 33.3 Å². The van der Waals surface area contributed by atoms with Crippen LogP contribution in [0.25, 0.3) is 0 Å². The van der Waals surface area contributed by atoms with Gasteiger partial charge in [0.25, 0.3) is 0 Å². The Morgan fingerprint density at radius 3 is 0.898 bits per heavy atom. The van der Waals surface area contributed by atoms with Crippen LogP contribution in [0.15, 0.2) is 0 Å². The molecule has 8 fully saturated rings. The number of hydrogen-bond acceptors (Lipinski definition) is 7. The third-order valence-electron chi connectivity index (χ3n) is 16.6. The molecule has 0 aromatic carbocycles. The van der Waals surface area contributed by atoms with Gasteiger partial charge in [-0.25, -0.2) is 0 Å². The first-order chi connectivity index (χ1) is 28.8. The lowest BCUT2D eigenvalue weighted by molar-refractivity contribution is -0.133. The van der Waals surface area contributed by atoms with Crippen LogP contribution in [0.1, 0.15) is 205 Å². The second kappa shape index (κ2) is 22.6. The largest absolute Gasteiger partial charge is 0.375 e. The summed E-state index contributed by atoms with van der Waals surface area (Å²) in [5, 5.41) is 0.0255. The van der Waals surface area contributed by atoms with E-state index < -0.39 is 0 Å². The van der Waals surface area contributed by atoms with Crippen LogP contribution in [0.5, 0.6) is 0 Å². The second-order valence-electron chi connectivity index (χ2n) is 20.9. The van der Waals surface area contributed by atoms with Crippen LogP contribution in [0.2, 0.25) is 0 Å². The third kappa shape index (κ3) is 13.2. The lowest BCUT2D eigenvalue weighted by Crippen LogP contribution is -2.39. The number of ether oxygens (including phenoxy) is 5. The van der Waals surface area contributed by atoms with Crippen molar-refractivity contribution in [3.63, 3.8) is 0 Å². The number of carbonyl (C=O) groups excluding carboxylic acids is 2. The van der Waals surface area contributed by atoms with Crippen LogP contribution in [-0.2, 0) is 33.3 Å². The van der Waals surface area contributed by atoms with Gasteiger partial charge in [0.05, 0.1) is 61.0 Å². The van der Waals surface area contributed by atoms with E-state index in [2.05, 4.69) is 0 Å². The van der Waals surface area contributed by atoms with Crippen LogP contribution in [0.4, 0.5) is 0 Å². The van der Waals surface area contributed by atoms with Crippen LogP contribution in [0.3, 0.4) is 0 Å². The summed E-state index contributed by atoms with van der Waals surface area (Å²) in [4.78, 5) is 26.9. The van der Waals surface area contributed by atoms with Crippen molar-refractivity contribution in [2.75, 3.05) is 0 Å². The van der Waals surface area contributed by atoms with Gasteiger partial charge in [-0.1, -0.05) is 19.3 Å². The Balaban J connectivity index is 0.642. The summed E-state index contributed by atoms with van der Waals surface area (Å²) in [5.41, 5.74) is 0. The zero-order valence-corrected chi connectivity index (χ0v) is 38.0. The first kappa shape index (κ1) is 45.3. The van der Waals surface area contributed by atoms with Crippen molar-refractivity contribution in [3.8, 4) is 0 Å². The molecular formula is C50H80Cl2O7. The van der Waals surface area contributed by atoms with E-state index in [9.17, 15) is 9.59 Å². The van der Waals surface area contributed by atoms with E-state index in [0.717, 1.165) is 148 Å². The van der Waals surface area contributed by atoms with Crippen molar-refractivity contribution in [1.82, 2.24) is 0 Å². The Labute approximate surface area is 367 Å². The summed E-state index contributed by atoms with van der Waals surface area (Å²) in [6.07, 6.45) is 38.1. The van der Waals surface area contributed by atoms with E-state index in [1.807, 2.05) is 0 Å². The molecule has 0 spiro atoms. The molecule has 8 aliphatic rings. The maximum atomic E-state index is 13.6. The summed E-state index contributed by atoms with van der Waals surface area (Å²) in [7, 11) is 0. The Hall–Kier alpha value is -0.280. The van der Waals surface area contributed by atoms with Gasteiger partial charge in [-0.15, -0.1) is 23.2 Å². The molecule has 0 heterocycles. The molecule has 0 aromatic heterocycles. The zero-order chi connectivity index (χ0) is 40.6. The van der Waals surface area contributed by atoms with E-state index in [4.69, 9.17) is 46.9 Å². The van der Waals surface area contributed by atoms with Gasteiger partial charge < -0.3 is 23.7 Å². The van der Waals surface area contributed by atoms with Crippen molar-refractivity contribution in [3.05, 3.63) is 0 Å². The molecule has 8 saturated carbocycles. The topological polar surface area (TPSA) is 80.3 Å².